The summed E-state index contributed by atoms with van der Waals surface area (Å²) in [7, 11) is 0. The third kappa shape index (κ3) is 1.93. The first kappa shape index (κ1) is 9.21. The summed E-state index contributed by atoms with van der Waals surface area (Å²) < 4.78 is 0. The quantitative estimate of drug-likeness (QED) is 0.716. The van der Waals surface area contributed by atoms with Gasteiger partial charge in [0.05, 0.1) is 18.9 Å². The smallest absolute Gasteiger partial charge is 0.239 e. The molecule has 1 aromatic rings. The molecule has 1 aliphatic rings. The van der Waals surface area contributed by atoms with E-state index in [1.165, 1.54) is 6.20 Å². The van der Waals surface area contributed by atoms with Crippen molar-refractivity contribution in [1.29, 1.82) is 0 Å². The van der Waals surface area contributed by atoms with Crippen LogP contribution in [-0.2, 0) is 4.79 Å². The lowest BCUT2D eigenvalue weighted by Gasteiger charge is -2.27. The topological polar surface area (TPSA) is 58.1 Å². The van der Waals surface area contributed by atoms with Crippen molar-refractivity contribution in [3.8, 4) is 0 Å². The van der Waals surface area contributed by atoms with Crippen molar-refractivity contribution in [2.24, 2.45) is 0 Å². The van der Waals surface area contributed by atoms with Crippen molar-refractivity contribution in [2.75, 3.05) is 24.5 Å². The molecule has 0 unspecified atom stereocenters. The molecule has 1 aliphatic heterocycles. The van der Waals surface area contributed by atoms with E-state index in [4.69, 9.17) is 11.6 Å². The Morgan fingerprint density at radius 1 is 1.43 bits per heavy atom. The number of nitrogens with zero attached hydrogens (tertiary/aromatic N) is 3. The van der Waals surface area contributed by atoms with E-state index < -0.39 is 0 Å². The van der Waals surface area contributed by atoms with Crippen molar-refractivity contribution in [1.82, 2.24) is 15.3 Å². The van der Waals surface area contributed by atoms with Crippen LogP contribution >= 0.6 is 11.6 Å². The molecule has 0 spiro atoms. The summed E-state index contributed by atoms with van der Waals surface area (Å²) in [6.45, 7) is 1.72. The predicted octanol–water partition coefficient (Wildman–Crippen LogP) is 0.0662. The summed E-state index contributed by atoms with van der Waals surface area (Å²) in [5.74, 6) is 0.692. The van der Waals surface area contributed by atoms with E-state index in [9.17, 15) is 4.79 Å². The van der Waals surface area contributed by atoms with Gasteiger partial charge in [0.2, 0.25) is 5.91 Å². The fraction of sp³-hybridized carbons (Fsp3) is 0.375. The summed E-state index contributed by atoms with van der Waals surface area (Å²) in [5.41, 5.74) is 0. The highest BCUT2D eigenvalue weighted by Crippen LogP contribution is 2.11. The third-order valence-corrected chi connectivity index (χ3v) is 2.16. The van der Waals surface area contributed by atoms with E-state index >= 15 is 0 Å². The Morgan fingerprint density at radius 3 is 2.93 bits per heavy atom. The number of anilines is 1. The molecule has 1 N–H and O–H groups in total. The highest BCUT2D eigenvalue weighted by molar-refractivity contribution is 6.29. The number of carbonyl (C=O) groups excluding carboxylic acids is 1. The lowest BCUT2D eigenvalue weighted by Crippen LogP contribution is -2.48. The first-order chi connectivity index (χ1) is 6.75. The maximum absolute atomic E-state index is 11.1. The first-order valence-electron chi connectivity index (χ1n) is 4.25. The molecule has 2 heterocycles. The van der Waals surface area contributed by atoms with Crippen molar-refractivity contribution in [3.05, 3.63) is 17.5 Å². The normalized spacial score (nSPS) is 16.6. The number of aromatic nitrogens is 2. The van der Waals surface area contributed by atoms with Crippen LogP contribution in [0.5, 0.6) is 0 Å². The molecule has 0 bridgehead atoms. The van der Waals surface area contributed by atoms with Gasteiger partial charge in [-0.15, -0.1) is 0 Å². The zero-order chi connectivity index (χ0) is 9.97. The summed E-state index contributed by atoms with van der Waals surface area (Å²) in [5, 5.41) is 3.09. The molecule has 1 amide bonds. The monoisotopic (exact) mass is 212 g/mol. The van der Waals surface area contributed by atoms with Crippen LogP contribution in [0.1, 0.15) is 0 Å². The lowest BCUT2D eigenvalue weighted by atomic mass is 10.3. The van der Waals surface area contributed by atoms with E-state index in [0.717, 1.165) is 6.54 Å². The number of nitrogens with one attached hydrogen (secondary N) is 1. The van der Waals surface area contributed by atoms with Gasteiger partial charge in [0, 0.05) is 13.1 Å². The zero-order valence-electron chi connectivity index (χ0n) is 7.40. The van der Waals surface area contributed by atoms with Gasteiger partial charge in [-0.05, 0) is 0 Å². The summed E-state index contributed by atoms with van der Waals surface area (Å²) in [6, 6.07) is 0. The van der Waals surface area contributed by atoms with Crippen molar-refractivity contribution in [2.45, 2.75) is 0 Å². The number of hydrogen-bond acceptors (Lipinski definition) is 4. The molecule has 0 aliphatic carbocycles. The Morgan fingerprint density at radius 2 is 2.29 bits per heavy atom. The summed E-state index contributed by atoms with van der Waals surface area (Å²) >= 11 is 5.61. The SMILES string of the molecule is O=C1CN(c2cnc(Cl)cn2)CCN1. The van der Waals surface area contributed by atoms with Crippen LogP contribution in [-0.4, -0.2) is 35.5 Å². The number of rotatable bonds is 1. The maximum atomic E-state index is 11.1. The predicted molar refractivity (Wildman–Crippen MR) is 52.3 cm³/mol. The van der Waals surface area contributed by atoms with Gasteiger partial charge in [0.1, 0.15) is 11.0 Å². The molecule has 0 atom stereocenters. The second-order valence-electron chi connectivity index (χ2n) is 2.97. The van der Waals surface area contributed by atoms with Gasteiger partial charge in [0.15, 0.2) is 0 Å². The van der Waals surface area contributed by atoms with Gasteiger partial charge in [-0.25, -0.2) is 9.97 Å². The molecule has 74 valence electrons. The van der Waals surface area contributed by atoms with E-state index in [1.807, 2.05) is 4.90 Å². The molecule has 1 saturated heterocycles. The Labute approximate surface area is 86.1 Å². The molecule has 1 fully saturated rings. The highest BCUT2D eigenvalue weighted by atomic mass is 35.5. The maximum Gasteiger partial charge on any atom is 0.239 e. The molecule has 0 aromatic carbocycles. The standard InChI is InChI=1S/C8H9ClN4O/c9-6-3-12-7(4-11-6)13-2-1-10-8(14)5-13/h3-4H,1-2,5H2,(H,10,14). The van der Waals surface area contributed by atoms with Crippen LogP contribution in [0.2, 0.25) is 5.15 Å². The molecule has 2 rings (SSSR count). The average Bonchev–Trinajstić information content (AvgIpc) is 2.19. The largest absolute Gasteiger partial charge is 0.353 e. The van der Waals surface area contributed by atoms with Gasteiger partial charge >= 0.3 is 0 Å². The van der Waals surface area contributed by atoms with Gasteiger partial charge in [0.25, 0.3) is 0 Å². The minimum absolute atomic E-state index is 0.00741. The van der Waals surface area contributed by atoms with E-state index in [0.29, 0.717) is 24.1 Å². The molecule has 6 heteroatoms. The molecule has 0 saturated carbocycles. The molecule has 14 heavy (non-hydrogen) atoms. The average molecular weight is 213 g/mol. The Balaban J connectivity index is 2.14. The van der Waals surface area contributed by atoms with Crippen molar-refractivity contribution < 1.29 is 4.79 Å². The Bertz CT molecular complexity index is 340. The Hall–Kier alpha value is -1.36. The lowest BCUT2D eigenvalue weighted by molar-refractivity contribution is -0.120. The zero-order valence-corrected chi connectivity index (χ0v) is 8.16. The van der Waals surface area contributed by atoms with E-state index in [-0.39, 0.29) is 5.91 Å². The minimum atomic E-state index is 0.00741. The second kappa shape index (κ2) is 3.79. The highest BCUT2D eigenvalue weighted by Gasteiger charge is 2.17. The number of piperazine rings is 1. The van der Waals surface area contributed by atoms with Gasteiger partial charge < -0.3 is 10.2 Å². The minimum Gasteiger partial charge on any atom is -0.353 e. The fourth-order valence-corrected chi connectivity index (χ4v) is 1.40. The van der Waals surface area contributed by atoms with Crippen LogP contribution in [0, 0.1) is 0 Å². The molecular weight excluding hydrogens is 204 g/mol. The summed E-state index contributed by atoms with van der Waals surface area (Å²) in [6.07, 6.45) is 3.05. The molecular formula is C8H9ClN4O. The molecule has 1 aromatic heterocycles. The van der Waals surface area contributed by atoms with Gasteiger partial charge in [-0.1, -0.05) is 11.6 Å². The molecule has 5 nitrogen and oxygen atoms in total. The fourth-order valence-electron chi connectivity index (χ4n) is 1.30. The summed E-state index contributed by atoms with van der Waals surface area (Å²) in [4.78, 5) is 20.9. The second-order valence-corrected chi connectivity index (χ2v) is 3.36. The number of halogens is 1. The van der Waals surface area contributed by atoms with Crippen LogP contribution in [0.15, 0.2) is 12.4 Å². The van der Waals surface area contributed by atoms with Crippen molar-refractivity contribution in [3.63, 3.8) is 0 Å². The molecule has 0 radical (unpaired) electrons. The first-order valence-corrected chi connectivity index (χ1v) is 4.63. The van der Waals surface area contributed by atoms with Crippen LogP contribution in [0.3, 0.4) is 0 Å². The number of amides is 1. The van der Waals surface area contributed by atoms with Crippen LogP contribution in [0.4, 0.5) is 5.82 Å². The van der Waals surface area contributed by atoms with E-state index in [2.05, 4.69) is 15.3 Å². The van der Waals surface area contributed by atoms with Crippen LogP contribution in [0.25, 0.3) is 0 Å². The van der Waals surface area contributed by atoms with Crippen LogP contribution < -0.4 is 10.2 Å². The third-order valence-electron chi connectivity index (χ3n) is 1.97. The van der Waals surface area contributed by atoms with E-state index in [1.54, 1.807) is 6.20 Å². The number of carbonyl (C=O) groups is 1. The van der Waals surface area contributed by atoms with Gasteiger partial charge in [-0.2, -0.15) is 0 Å². The Kier molecular flexibility index (Phi) is 2.49. The van der Waals surface area contributed by atoms with Crippen molar-refractivity contribution >= 4 is 23.3 Å². The van der Waals surface area contributed by atoms with Gasteiger partial charge in [-0.3, -0.25) is 4.79 Å². The number of hydrogen-bond donors (Lipinski definition) is 1.